The number of rotatable bonds is 11. The minimum atomic E-state index is -1.44. The summed E-state index contributed by atoms with van der Waals surface area (Å²) in [6.07, 6.45) is -2.33. The predicted molar refractivity (Wildman–Crippen MR) is 144 cm³/mol. The molecule has 0 amide bonds. The highest BCUT2D eigenvalue weighted by molar-refractivity contribution is 5.75. The summed E-state index contributed by atoms with van der Waals surface area (Å²) in [6, 6.07) is 2.67. The number of carbonyl (C=O) groups is 4. The first-order chi connectivity index (χ1) is 18.3. The van der Waals surface area contributed by atoms with Gasteiger partial charge in [0.25, 0.3) is 0 Å². The number of unbranched alkanes of at least 4 members (excludes halogenated alkanes) is 1. The first-order valence-electron chi connectivity index (χ1n) is 13.1. The first-order valence-corrected chi connectivity index (χ1v) is 13.1. The van der Waals surface area contributed by atoms with Crippen molar-refractivity contribution in [3.05, 3.63) is 23.8 Å². The van der Waals surface area contributed by atoms with E-state index >= 15 is 0 Å². The Hall–Kier alpha value is -3.54. The molecular formula is C28H43NO11. The standard InChI is InChI=1S/C28H43NO11/c1-10-11-14-35-24(32)36-17(3)16(2)21(22(29)23(30)31)18-12-13-19(37-25(33)39-27(4,5)6)20(15-18)38-26(34)40-28(7,8)9/h12-13,15-17,21-22H,10-11,14,29H2,1-9H3,(H,30,31)/t16?,17?,21?,22-/m0/s1. The summed E-state index contributed by atoms with van der Waals surface area (Å²) in [5.74, 6) is -3.30. The van der Waals surface area contributed by atoms with Crippen molar-refractivity contribution in [2.24, 2.45) is 11.7 Å². The first kappa shape index (κ1) is 34.5. The Balaban J connectivity index is 3.43. The highest BCUT2D eigenvalue weighted by atomic mass is 16.8. The van der Waals surface area contributed by atoms with E-state index in [0.717, 1.165) is 6.42 Å². The summed E-state index contributed by atoms with van der Waals surface area (Å²) in [5.41, 5.74) is 4.64. The van der Waals surface area contributed by atoms with Crippen molar-refractivity contribution in [2.75, 3.05) is 6.61 Å². The molecule has 0 saturated carbocycles. The summed E-state index contributed by atoms with van der Waals surface area (Å²) in [4.78, 5) is 48.9. The maximum Gasteiger partial charge on any atom is 0.514 e. The number of aliphatic carboxylic acids is 1. The van der Waals surface area contributed by atoms with Crippen LogP contribution in [0.25, 0.3) is 0 Å². The van der Waals surface area contributed by atoms with Gasteiger partial charge in [0.05, 0.1) is 6.61 Å². The molecule has 0 bridgehead atoms. The van der Waals surface area contributed by atoms with E-state index in [9.17, 15) is 24.3 Å². The summed E-state index contributed by atoms with van der Waals surface area (Å²) in [5, 5.41) is 9.74. The second-order valence-corrected chi connectivity index (χ2v) is 11.4. The lowest BCUT2D eigenvalue weighted by Crippen LogP contribution is -2.42. The van der Waals surface area contributed by atoms with Crippen molar-refractivity contribution in [3.63, 3.8) is 0 Å². The third-order valence-corrected chi connectivity index (χ3v) is 5.50. The highest BCUT2D eigenvalue weighted by Gasteiger charge is 2.36. The summed E-state index contributed by atoms with van der Waals surface area (Å²) >= 11 is 0. The fourth-order valence-corrected chi connectivity index (χ4v) is 3.49. The van der Waals surface area contributed by atoms with Crippen molar-refractivity contribution in [1.82, 2.24) is 0 Å². The molecule has 1 rings (SSSR count). The van der Waals surface area contributed by atoms with E-state index in [2.05, 4.69) is 0 Å². The van der Waals surface area contributed by atoms with Gasteiger partial charge in [0.2, 0.25) is 0 Å². The van der Waals surface area contributed by atoms with E-state index in [4.69, 9.17) is 34.2 Å². The van der Waals surface area contributed by atoms with Gasteiger partial charge in [0, 0.05) is 11.8 Å². The smallest absolute Gasteiger partial charge is 0.480 e. The molecule has 0 radical (unpaired) electrons. The number of hydrogen-bond acceptors (Lipinski definition) is 11. The Morgan fingerprint density at radius 2 is 1.40 bits per heavy atom. The molecule has 1 aromatic rings. The molecule has 0 fully saturated rings. The average Bonchev–Trinajstić information content (AvgIpc) is 2.78. The molecular weight excluding hydrogens is 526 g/mol. The quantitative estimate of drug-likeness (QED) is 0.142. The number of carboxylic acids is 1. The number of benzene rings is 1. The van der Waals surface area contributed by atoms with E-state index in [1.54, 1.807) is 55.4 Å². The van der Waals surface area contributed by atoms with E-state index in [1.807, 2.05) is 6.92 Å². The van der Waals surface area contributed by atoms with E-state index in [1.165, 1.54) is 18.2 Å². The zero-order valence-electron chi connectivity index (χ0n) is 24.8. The molecule has 0 aliphatic heterocycles. The van der Waals surface area contributed by atoms with Gasteiger partial charge in [-0.3, -0.25) is 4.79 Å². The molecule has 0 spiro atoms. The summed E-state index contributed by atoms with van der Waals surface area (Å²) in [6.45, 7) is 15.3. The summed E-state index contributed by atoms with van der Waals surface area (Å²) < 4.78 is 31.4. The second-order valence-electron chi connectivity index (χ2n) is 11.4. The minimum Gasteiger partial charge on any atom is -0.480 e. The molecule has 0 saturated heterocycles. The lowest BCUT2D eigenvalue weighted by Gasteiger charge is -2.31. The fourth-order valence-electron chi connectivity index (χ4n) is 3.49. The number of ether oxygens (including phenoxy) is 6. The second kappa shape index (κ2) is 14.7. The third-order valence-electron chi connectivity index (χ3n) is 5.50. The predicted octanol–water partition coefficient (Wildman–Crippen LogP) is 5.79. The van der Waals surface area contributed by atoms with Gasteiger partial charge in [0.15, 0.2) is 11.5 Å². The van der Waals surface area contributed by atoms with Crippen molar-refractivity contribution >= 4 is 24.4 Å². The molecule has 0 aromatic heterocycles. The van der Waals surface area contributed by atoms with Crippen LogP contribution in [0.4, 0.5) is 14.4 Å². The van der Waals surface area contributed by atoms with Gasteiger partial charge in [-0.25, -0.2) is 14.4 Å². The van der Waals surface area contributed by atoms with Gasteiger partial charge < -0.3 is 39.3 Å². The fraction of sp³-hybridized carbons (Fsp3) is 0.643. The number of nitrogens with two attached hydrogens (primary N) is 1. The van der Waals surface area contributed by atoms with Crippen molar-refractivity contribution in [2.45, 2.75) is 104 Å². The zero-order chi connectivity index (χ0) is 30.8. The molecule has 12 heteroatoms. The van der Waals surface area contributed by atoms with Crippen molar-refractivity contribution in [3.8, 4) is 11.5 Å². The Kier molecular flexibility index (Phi) is 12.7. The molecule has 3 N–H and O–H groups in total. The summed E-state index contributed by atoms with van der Waals surface area (Å²) in [7, 11) is 0. The van der Waals surface area contributed by atoms with Crippen LogP contribution in [0.1, 0.15) is 86.6 Å². The van der Waals surface area contributed by atoms with Crippen LogP contribution in [-0.4, -0.2) is 59.5 Å². The van der Waals surface area contributed by atoms with Gasteiger partial charge in [-0.1, -0.05) is 26.3 Å². The van der Waals surface area contributed by atoms with E-state index < -0.39 is 59.6 Å². The Morgan fingerprint density at radius 1 is 0.875 bits per heavy atom. The molecule has 0 aliphatic carbocycles. The molecule has 40 heavy (non-hydrogen) atoms. The SMILES string of the molecule is CCCCOC(=O)OC(C)C(C)C(c1ccc(OC(=O)OC(C)(C)C)c(OC(=O)OC(C)(C)C)c1)[C@H](N)C(=O)O. The minimum absolute atomic E-state index is 0.178. The van der Waals surface area contributed by atoms with Gasteiger partial charge in [-0.05, 0) is 72.6 Å². The maximum absolute atomic E-state index is 12.5. The van der Waals surface area contributed by atoms with E-state index in [-0.39, 0.29) is 18.1 Å². The Labute approximate surface area is 235 Å². The Bertz CT molecular complexity index is 1030. The van der Waals surface area contributed by atoms with Gasteiger partial charge in [0.1, 0.15) is 23.3 Å². The number of carboxylic acid groups (broad SMARTS) is 1. The van der Waals surface area contributed by atoms with Crippen LogP contribution in [0.15, 0.2) is 18.2 Å². The largest absolute Gasteiger partial charge is 0.514 e. The maximum atomic E-state index is 12.5. The normalized spacial score (nSPS) is 14.7. The van der Waals surface area contributed by atoms with Crippen LogP contribution >= 0.6 is 0 Å². The molecule has 3 unspecified atom stereocenters. The van der Waals surface area contributed by atoms with Crippen LogP contribution in [0.5, 0.6) is 11.5 Å². The van der Waals surface area contributed by atoms with Crippen molar-refractivity contribution in [1.29, 1.82) is 0 Å². The third kappa shape index (κ3) is 12.1. The Morgan fingerprint density at radius 3 is 1.88 bits per heavy atom. The van der Waals surface area contributed by atoms with Crippen molar-refractivity contribution < 1.29 is 52.7 Å². The lowest BCUT2D eigenvalue weighted by atomic mass is 9.79. The average molecular weight is 570 g/mol. The van der Waals surface area contributed by atoms with Crippen LogP contribution in [-0.2, 0) is 23.7 Å². The monoisotopic (exact) mass is 569 g/mol. The molecule has 4 atom stereocenters. The van der Waals surface area contributed by atoms with Gasteiger partial charge >= 0.3 is 24.4 Å². The molecule has 0 aliphatic rings. The van der Waals surface area contributed by atoms with Gasteiger partial charge in [-0.15, -0.1) is 0 Å². The van der Waals surface area contributed by atoms with Crippen LogP contribution in [0.2, 0.25) is 0 Å². The lowest BCUT2D eigenvalue weighted by molar-refractivity contribution is -0.139. The van der Waals surface area contributed by atoms with Crippen LogP contribution in [0.3, 0.4) is 0 Å². The molecule has 0 heterocycles. The highest BCUT2D eigenvalue weighted by Crippen LogP contribution is 2.37. The molecule has 1 aromatic carbocycles. The topological polar surface area (TPSA) is 170 Å². The zero-order valence-corrected chi connectivity index (χ0v) is 24.8. The van der Waals surface area contributed by atoms with Crippen LogP contribution < -0.4 is 15.2 Å². The molecule has 12 nitrogen and oxygen atoms in total. The number of carbonyl (C=O) groups excluding carboxylic acids is 3. The van der Waals surface area contributed by atoms with Crippen LogP contribution in [0, 0.1) is 5.92 Å². The molecule has 226 valence electrons. The number of hydrogen-bond donors (Lipinski definition) is 2. The van der Waals surface area contributed by atoms with E-state index in [0.29, 0.717) is 12.0 Å². The van der Waals surface area contributed by atoms with Gasteiger partial charge in [-0.2, -0.15) is 0 Å².